The Balaban J connectivity index is 1.54. The second kappa shape index (κ2) is 3.88. The lowest BCUT2D eigenvalue weighted by Crippen LogP contribution is -2.25. The zero-order chi connectivity index (χ0) is 11.9. The number of aromatic carboxylic acids is 1. The minimum Gasteiger partial charge on any atom is -0.478 e. The molecular formula is C13H17NO3. The number of carbonyl (C=O) groups is 1. The molecule has 0 amide bonds. The molecule has 2 fully saturated rings. The standard InChI is InChI=1S/C13H17NO3/c15-12(16)10-3-6-17-11(10)7-14-8-13(4-5-13)9-1-2-9/h3,6,9,14H,1-2,4-5,7-8H2,(H,15,16). The summed E-state index contributed by atoms with van der Waals surface area (Å²) in [5, 5.41) is 12.3. The molecule has 0 saturated heterocycles. The molecule has 0 spiro atoms. The van der Waals surface area contributed by atoms with E-state index in [1.165, 1.54) is 38.0 Å². The molecule has 2 aliphatic carbocycles. The Morgan fingerprint density at radius 3 is 2.88 bits per heavy atom. The van der Waals surface area contributed by atoms with Crippen LogP contribution in [0.15, 0.2) is 16.7 Å². The van der Waals surface area contributed by atoms with E-state index < -0.39 is 5.97 Å². The third-order valence-electron chi connectivity index (χ3n) is 4.07. The zero-order valence-corrected chi connectivity index (χ0v) is 9.74. The fourth-order valence-electron chi connectivity index (χ4n) is 2.68. The van der Waals surface area contributed by atoms with Crippen molar-refractivity contribution in [2.24, 2.45) is 11.3 Å². The number of nitrogens with one attached hydrogen (secondary N) is 1. The second-order valence-electron chi connectivity index (χ2n) is 5.30. The molecule has 0 radical (unpaired) electrons. The third-order valence-corrected chi connectivity index (χ3v) is 4.07. The van der Waals surface area contributed by atoms with E-state index in [1.54, 1.807) is 0 Å². The highest BCUT2D eigenvalue weighted by atomic mass is 16.4. The molecule has 0 aliphatic heterocycles. The van der Waals surface area contributed by atoms with Gasteiger partial charge in [-0.2, -0.15) is 0 Å². The Kier molecular flexibility index (Phi) is 2.47. The number of carboxylic acid groups (broad SMARTS) is 1. The summed E-state index contributed by atoms with van der Waals surface area (Å²) in [4.78, 5) is 10.9. The number of carboxylic acids is 1. The van der Waals surface area contributed by atoms with Gasteiger partial charge in [-0.05, 0) is 43.1 Å². The summed E-state index contributed by atoms with van der Waals surface area (Å²) in [5.41, 5.74) is 0.810. The monoisotopic (exact) mass is 235 g/mol. The van der Waals surface area contributed by atoms with Gasteiger partial charge >= 0.3 is 5.97 Å². The molecule has 3 rings (SSSR count). The third kappa shape index (κ3) is 2.09. The van der Waals surface area contributed by atoms with Crippen LogP contribution in [0.3, 0.4) is 0 Å². The summed E-state index contributed by atoms with van der Waals surface area (Å²) in [5.74, 6) is 0.536. The first-order chi connectivity index (χ1) is 8.21. The van der Waals surface area contributed by atoms with Gasteiger partial charge in [0.05, 0.1) is 12.8 Å². The highest BCUT2D eigenvalue weighted by Crippen LogP contribution is 2.60. The molecular weight excluding hydrogens is 218 g/mol. The second-order valence-corrected chi connectivity index (χ2v) is 5.30. The number of hydrogen-bond donors (Lipinski definition) is 2. The maximum atomic E-state index is 10.9. The van der Waals surface area contributed by atoms with Gasteiger partial charge in [0, 0.05) is 6.54 Å². The van der Waals surface area contributed by atoms with Crippen molar-refractivity contribution in [2.45, 2.75) is 32.2 Å². The molecule has 17 heavy (non-hydrogen) atoms. The van der Waals surface area contributed by atoms with Gasteiger partial charge in [0.15, 0.2) is 0 Å². The van der Waals surface area contributed by atoms with Crippen LogP contribution in [0.4, 0.5) is 0 Å². The lowest BCUT2D eigenvalue weighted by molar-refractivity contribution is 0.0694. The van der Waals surface area contributed by atoms with E-state index in [2.05, 4.69) is 5.32 Å². The van der Waals surface area contributed by atoms with Crippen LogP contribution in [-0.4, -0.2) is 17.6 Å². The first-order valence-corrected chi connectivity index (χ1v) is 6.22. The lowest BCUT2D eigenvalue weighted by Gasteiger charge is -2.14. The normalized spacial score (nSPS) is 21.4. The smallest absolute Gasteiger partial charge is 0.339 e. The van der Waals surface area contributed by atoms with Crippen molar-refractivity contribution in [3.63, 3.8) is 0 Å². The van der Waals surface area contributed by atoms with Crippen LogP contribution in [0.25, 0.3) is 0 Å². The van der Waals surface area contributed by atoms with Crippen molar-refractivity contribution in [3.05, 3.63) is 23.7 Å². The van der Waals surface area contributed by atoms with Crippen LogP contribution in [-0.2, 0) is 6.54 Å². The van der Waals surface area contributed by atoms with Crippen LogP contribution in [0.1, 0.15) is 41.8 Å². The van der Waals surface area contributed by atoms with Crippen molar-refractivity contribution in [1.29, 1.82) is 0 Å². The molecule has 2 aliphatic rings. The highest BCUT2D eigenvalue weighted by Gasteiger charge is 2.53. The van der Waals surface area contributed by atoms with Crippen LogP contribution < -0.4 is 5.32 Å². The van der Waals surface area contributed by atoms with Crippen LogP contribution >= 0.6 is 0 Å². The van der Waals surface area contributed by atoms with Gasteiger partial charge in [-0.25, -0.2) is 4.79 Å². The molecule has 0 unspecified atom stereocenters. The van der Waals surface area contributed by atoms with Crippen molar-refractivity contribution in [2.75, 3.05) is 6.54 Å². The van der Waals surface area contributed by atoms with Crippen molar-refractivity contribution in [1.82, 2.24) is 5.32 Å². The van der Waals surface area contributed by atoms with Crippen LogP contribution in [0.5, 0.6) is 0 Å². The minimum absolute atomic E-state index is 0.272. The minimum atomic E-state index is -0.918. The van der Waals surface area contributed by atoms with Crippen LogP contribution in [0.2, 0.25) is 0 Å². The summed E-state index contributed by atoms with van der Waals surface area (Å²) in [6.45, 7) is 1.51. The molecule has 4 nitrogen and oxygen atoms in total. The molecule has 1 aromatic rings. The predicted molar refractivity (Wildman–Crippen MR) is 61.8 cm³/mol. The predicted octanol–water partition coefficient (Wildman–Crippen LogP) is 2.26. The zero-order valence-electron chi connectivity index (χ0n) is 9.74. The van der Waals surface area contributed by atoms with E-state index in [4.69, 9.17) is 9.52 Å². The maximum absolute atomic E-state index is 10.9. The SMILES string of the molecule is O=C(O)c1ccoc1CNCC1(C2CC2)CC1. The Labute approximate surface area is 100 Å². The summed E-state index contributed by atoms with van der Waals surface area (Å²) < 4.78 is 5.19. The Hall–Kier alpha value is -1.29. The van der Waals surface area contributed by atoms with Gasteiger partial charge in [0.2, 0.25) is 0 Å². The van der Waals surface area contributed by atoms with E-state index >= 15 is 0 Å². The van der Waals surface area contributed by atoms with Crippen LogP contribution in [0, 0.1) is 11.3 Å². The lowest BCUT2D eigenvalue weighted by atomic mass is 10.0. The van der Waals surface area contributed by atoms with E-state index in [0.717, 1.165) is 12.5 Å². The molecule has 4 heteroatoms. The van der Waals surface area contributed by atoms with Gasteiger partial charge in [-0.15, -0.1) is 0 Å². The van der Waals surface area contributed by atoms with Crippen molar-refractivity contribution < 1.29 is 14.3 Å². The average Bonchev–Trinajstić information content (AvgIpc) is 3.17. The summed E-state index contributed by atoms with van der Waals surface area (Å²) in [7, 11) is 0. The summed E-state index contributed by atoms with van der Waals surface area (Å²) in [6.07, 6.45) is 6.85. The fourth-order valence-corrected chi connectivity index (χ4v) is 2.68. The fraction of sp³-hybridized carbons (Fsp3) is 0.615. The summed E-state index contributed by atoms with van der Waals surface area (Å²) in [6, 6.07) is 1.51. The van der Waals surface area contributed by atoms with Gasteiger partial charge in [-0.3, -0.25) is 0 Å². The average molecular weight is 235 g/mol. The van der Waals surface area contributed by atoms with Crippen molar-refractivity contribution >= 4 is 5.97 Å². The number of furan rings is 1. The topological polar surface area (TPSA) is 62.5 Å². The molecule has 1 aromatic heterocycles. The molecule has 0 aromatic carbocycles. The first-order valence-electron chi connectivity index (χ1n) is 6.22. The molecule has 1 heterocycles. The molecule has 0 atom stereocenters. The highest BCUT2D eigenvalue weighted by molar-refractivity contribution is 5.88. The van der Waals surface area contributed by atoms with Crippen molar-refractivity contribution in [3.8, 4) is 0 Å². The Morgan fingerprint density at radius 1 is 1.53 bits per heavy atom. The van der Waals surface area contributed by atoms with Gasteiger partial charge in [0.25, 0.3) is 0 Å². The van der Waals surface area contributed by atoms with E-state index in [-0.39, 0.29) is 5.56 Å². The molecule has 2 saturated carbocycles. The van der Waals surface area contributed by atoms with E-state index in [0.29, 0.717) is 17.7 Å². The van der Waals surface area contributed by atoms with Gasteiger partial charge in [0.1, 0.15) is 11.3 Å². The summed E-state index contributed by atoms with van der Waals surface area (Å²) >= 11 is 0. The quantitative estimate of drug-likeness (QED) is 0.794. The van der Waals surface area contributed by atoms with Gasteiger partial charge < -0.3 is 14.8 Å². The van der Waals surface area contributed by atoms with E-state index in [9.17, 15) is 4.79 Å². The molecule has 0 bridgehead atoms. The molecule has 92 valence electrons. The molecule has 2 N–H and O–H groups in total. The maximum Gasteiger partial charge on any atom is 0.339 e. The number of hydrogen-bond acceptors (Lipinski definition) is 3. The van der Waals surface area contributed by atoms with Gasteiger partial charge in [-0.1, -0.05) is 0 Å². The van der Waals surface area contributed by atoms with E-state index in [1.807, 2.05) is 0 Å². The first kappa shape index (κ1) is 10.8. The Bertz CT molecular complexity index is 430. The number of rotatable bonds is 6. The Morgan fingerprint density at radius 2 is 2.29 bits per heavy atom. The largest absolute Gasteiger partial charge is 0.478 e.